The van der Waals surface area contributed by atoms with E-state index in [-0.39, 0.29) is 12.2 Å². The van der Waals surface area contributed by atoms with Gasteiger partial charge in [-0.15, -0.1) is 0 Å². The Kier molecular flexibility index (Phi) is 8.30. The fraction of sp³-hybridized carbons (Fsp3) is 0.467. The van der Waals surface area contributed by atoms with Crippen molar-refractivity contribution in [2.75, 3.05) is 6.61 Å². The monoisotopic (exact) mass is 247 g/mol. The molecule has 18 heavy (non-hydrogen) atoms. The maximum Gasteiger partial charge on any atom is 0.348 e. The molecule has 0 amide bonds. The summed E-state index contributed by atoms with van der Waals surface area (Å²) in [4.78, 5) is 11.3. The summed E-state index contributed by atoms with van der Waals surface area (Å²) in [7, 11) is 0. The van der Waals surface area contributed by atoms with E-state index in [0.717, 1.165) is 18.4 Å². The molecule has 0 aromatic heterocycles. The molecular formula is C15H21NO2. The van der Waals surface area contributed by atoms with E-state index >= 15 is 0 Å². The Morgan fingerprint density at radius 1 is 1.28 bits per heavy atom. The molecule has 0 aliphatic carbocycles. The van der Waals surface area contributed by atoms with Crippen molar-refractivity contribution >= 4 is 5.97 Å². The number of allylic oxidation sites excluding steroid dienone is 5. The number of rotatable bonds is 6. The van der Waals surface area contributed by atoms with E-state index in [9.17, 15) is 4.79 Å². The molecule has 0 radical (unpaired) electrons. The van der Waals surface area contributed by atoms with Crippen LogP contribution in [0.5, 0.6) is 0 Å². The first-order chi connectivity index (χ1) is 8.51. The fourth-order valence-corrected chi connectivity index (χ4v) is 1.26. The number of esters is 1. The summed E-state index contributed by atoms with van der Waals surface area (Å²) in [5, 5.41) is 8.83. The van der Waals surface area contributed by atoms with E-state index in [1.165, 1.54) is 11.6 Å². The van der Waals surface area contributed by atoms with Crippen LogP contribution in [0.2, 0.25) is 0 Å². The van der Waals surface area contributed by atoms with E-state index in [2.05, 4.69) is 19.9 Å². The number of ether oxygens (including phenoxy) is 1. The molecule has 0 saturated carbocycles. The summed E-state index contributed by atoms with van der Waals surface area (Å²) in [5.41, 5.74) is 2.46. The quantitative estimate of drug-likeness (QED) is 0.236. The fourth-order valence-electron chi connectivity index (χ4n) is 1.26. The van der Waals surface area contributed by atoms with Crippen LogP contribution in [-0.4, -0.2) is 12.6 Å². The molecule has 0 heterocycles. The minimum Gasteiger partial charge on any atom is -0.462 e. The molecule has 0 aromatic rings. The second kappa shape index (κ2) is 9.23. The van der Waals surface area contributed by atoms with Crippen molar-refractivity contribution in [3.63, 3.8) is 0 Å². The van der Waals surface area contributed by atoms with Crippen LogP contribution in [0.1, 0.15) is 40.5 Å². The van der Waals surface area contributed by atoms with Gasteiger partial charge >= 0.3 is 5.97 Å². The van der Waals surface area contributed by atoms with Gasteiger partial charge in [0.2, 0.25) is 0 Å². The zero-order valence-electron chi connectivity index (χ0n) is 11.6. The van der Waals surface area contributed by atoms with Gasteiger partial charge in [0.15, 0.2) is 0 Å². The van der Waals surface area contributed by atoms with E-state index < -0.39 is 5.97 Å². The lowest BCUT2D eigenvalue weighted by Gasteiger charge is -1.99. The number of hydrogen-bond acceptors (Lipinski definition) is 3. The molecule has 0 spiro atoms. The Morgan fingerprint density at radius 3 is 2.44 bits per heavy atom. The van der Waals surface area contributed by atoms with Crippen molar-refractivity contribution in [1.29, 1.82) is 5.26 Å². The van der Waals surface area contributed by atoms with Crippen LogP contribution >= 0.6 is 0 Å². The maximum absolute atomic E-state index is 11.3. The summed E-state index contributed by atoms with van der Waals surface area (Å²) in [6.07, 6.45) is 7.38. The Labute approximate surface area is 109 Å². The maximum atomic E-state index is 11.3. The van der Waals surface area contributed by atoms with Crippen LogP contribution in [0.3, 0.4) is 0 Å². The van der Waals surface area contributed by atoms with Crippen LogP contribution in [0, 0.1) is 11.3 Å². The van der Waals surface area contributed by atoms with E-state index in [4.69, 9.17) is 10.00 Å². The van der Waals surface area contributed by atoms with Gasteiger partial charge in [-0.1, -0.05) is 23.3 Å². The first-order valence-corrected chi connectivity index (χ1v) is 6.09. The molecule has 98 valence electrons. The second-order valence-corrected chi connectivity index (χ2v) is 4.25. The van der Waals surface area contributed by atoms with Crippen LogP contribution in [0.15, 0.2) is 34.9 Å². The summed E-state index contributed by atoms with van der Waals surface area (Å²) in [6, 6.07) is 1.85. The average molecular weight is 247 g/mol. The zero-order chi connectivity index (χ0) is 14.0. The van der Waals surface area contributed by atoms with Crippen molar-refractivity contribution in [3.8, 4) is 6.07 Å². The molecule has 0 rings (SSSR count). The van der Waals surface area contributed by atoms with E-state index in [1.54, 1.807) is 13.0 Å². The summed E-state index contributed by atoms with van der Waals surface area (Å²) >= 11 is 0. The third-order valence-corrected chi connectivity index (χ3v) is 2.24. The number of carbonyl (C=O) groups is 1. The van der Waals surface area contributed by atoms with Crippen LogP contribution < -0.4 is 0 Å². The van der Waals surface area contributed by atoms with Gasteiger partial charge in [-0.05, 0) is 46.6 Å². The van der Waals surface area contributed by atoms with Crippen molar-refractivity contribution in [1.82, 2.24) is 0 Å². The molecular weight excluding hydrogens is 226 g/mol. The number of nitriles is 1. The first kappa shape index (κ1) is 16.2. The van der Waals surface area contributed by atoms with Gasteiger partial charge < -0.3 is 4.74 Å². The van der Waals surface area contributed by atoms with Gasteiger partial charge in [0, 0.05) is 0 Å². The topological polar surface area (TPSA) is 50.1 Å². The van der Waals surface area contributed by atoms with Gasteiger partial charge in [0.1, 0.15) is 11.6 Å². The standard InChI is InChI=1S/C15H21NO2/c1-5-18-15(17)14(11-16)10-9-13(4)8-6-7-12(2)3/h7,9-10H,5-6,8H2,1-4H3. The number of nitrogens with zero attached hydrogens (tertiary/aromatic N) is 1. The number of hydrogen-bond donors (Lipinski definition) is 0. The molecule has 3 heteroatoms. The van der Waals surface area contributed by atoms with Gasteiger partial charge in [0.05, 0.1) is 6.61 Å². The van der Waals surface area contributed by atoms with Crippen molar-refractivity contribution in [2.24, 2.45) is 0 Å². The zero-order valence-corrected chi connectivity index (χ0v) is 11.6. The molecule has 0 N–H and O–H groups in total. The summed E-state index contributed by atoms with van der Waals surface area (Å²) in [6.45, 7) is 8.10. The molecule has 0 bridgehead atoms. The highest BCUT2D eigenvalue weighted by molar-refractivity contribution is 5.93. The lowest BCUT2D eigenvalue weighted by molar-refractivity contribution is -0.138. The summed E-state index contributed by atoms with van der Waals surface area (Å²) < 4.78 is 4.77. The molecule has 0 saturated heterocycles. The molecule has 0 fully saturated rings. The van der Waals surface area contributed by atoms with Gasteiger partial charge in [0.25, 0.3) is 0 Å². The van der Waals surface area contributed by atoms with E-state index in [1.807, 2.05) is 13.0 Å². The van der Waals surface area contributed by atoms with Gasteiger partial charge in [-0.25, -0.2) is 4.79 Å². The molecule has 0 aliphatic rings. The van der Waals surface area contributed by atoms with Crippen molar-refractivity contribution < 1.29 is 9.53 Å². The van der Waals surface area contributed by atoms with Crippen LogP contribution in [0.25, 0.3) is 0 Å². The smallest absolute Gasteiger partial charge is 0.348 e. The molecule has 3 nitrogen and oxygen atoms in total. The summed E-state index contributed by atoms with van der Waals surface area (Å²) in [5.74, 6) is -0.562. The highest BCUT2D eigenvalue weighted by Crippen LogP contribution is 2.08. The number of carbonyl (C=O) groups excluding carboxylic acids is 1. The third-order valence-electron chi connectivity index (χ3n) is 2.24. The SMILES string of the molecule is CCOC(=O)C(C#N)=CC=C(C)CCC=C(C)C. The minimum absolute atomic E-state index is 0.0402. The molecule has 0 aromatic carbocycles. The predicted octanol–water partition coefficient (Wildman–Crippen LogP) is 3.69. The van der Waals surface area contributed by atoms with E-state index in [0.29, 0.717) is 0 Å². The largest absolute Gasteiger partial charge is 0.462 e. The first-order valence-electron chi connectivity index (χ1n) is 6.09. The molecule has 0 unspecified atom stereocenters. The Balaban J connectivity index is 4.51. The normalized spacial score (nSPS) is 11.7. The van der Waals surface area contributed by atoms with Crippen molar-refractivity contribution in [3.05, 3.63) is 34.9 Å². The Morgan fingerprint density at radius 2 is 1.94 bits per heavy atom. The lowest BCUT2D eigenvalue weighted by Crippen LogP contribution is -2.05. The lowest BCUT2D eigenvalue weighted by atomic mass is 10.1. The Bertz CT molecular complexity index is 405. The second-order valence-electron chi connectivity index (χ2n) is 4.25. The van der Waals surface area contributed by atoms with Gasteiger partial charge in [-0.2, -0.15) is 5.26 Å². The van der Waals surface area contributed by atoms with Crippen molar-refractivity contribution in [2.45, 2.75) is 40.5 Å². The Hall–Kier alpha value is -1.82. The molecule has 0 aliphatic heterocycles. The minimum atomic E-state index is -0.562. The highest BCUT2D eigenvalue weighted by atomic mass is 16.5. The third kappa shape index (κ3) is 7.45. The molecule has 0 atom stereocenters. The predicted molar refractivity (Wildman–Crippen MR) is 72.8 cm³/mol. The van der Waals surface area contributed by atoms with Crippen LogP contribution in [0.4, 0.5) is 0 Å². The highest BCUT2D eigenvalue weighted by Gasteiger charge is 2.07. The average Bonchev–Trinajstić information content (AvgIpc) is 2.29. The van der Waals surface area contributed by atoms with Crippen LogP contribution in [-0.2, 0) is 9.53 Å². The van der Waals surface area contributed by atoms with Gasteiger partial charge in [-0.3, -0.25) is 0 Å².